The number of aliphatic hydroxyl groups excluding tert-OH is 1. The van der Waals surface area contributed by atoms with E-state index in [1.54, 1.807) is 55.5 Å². The topological polar surface area (TPSA) is 102 Å². The average Bonchev–Trinajstić information content (AvgIpc) is 3.42. The summed E-state index contributed by atoms with van der Waals surface area (Å²) in [6.45, 7) is 4.34. The number of anilines is 1. The fraction of sp³-hybridized carbons (Fsp3) is 0.296. The van der Waals surface area contributed by atoms with Gasteiger partial charge in [0, 0.05) is 16.7 Å². The number of benzene rings is 2. The van der Waals surface area contributed by atoms with Crippen molar-refractivity contribution in [3.63, 3.8) is 0 Å². The van der Waals surface area contributed by atoms with Crippen molar-refractivity contribution in [1.82, 2.24) is 5.16 Å². The number of carbonyl (C=O) groups excluding carboxylic acids is 2. The van der Waals surface area contributed by atoms with E-state index < -0.39 is 17.7 Å². The molecule has 0 spiro atoms. The molecule has 1 aliphatic rings. The lowest BCUT2D eigenvalue weighted by molar-refractivity contribution is -0.132. The molecule has 8 nitrogen and oxygen atoms in total. The van der Waals surface area contributed by atoms with Crippen molar-refractivity contribution in [2.24, 2.45) is 0 Å². The van der Waals surface area contributed by atoms with Gasteiger partial charge in [-0.1, -0.05) is 42.6 Å². The molecule has 1 unspecified atom stereocenters. The number of aryl methyl sites for hydroxylation is 1. The van der Waals surface area contributed by atoms with Crippen LogP contribution in [0.25, 0.3) is 5.76 Å². The molecule has 3 aromatic rings. The summed E-state index contributed by atoms with van der Waals surface area (Å²) in [4.78, 5) is 27.7. The van der Waals surface area contributed by atoms with E-state index in [0.717, 1.165) is 19.3 Å². The van der Waals surface area contributed by atoms with Crippen LogP contribution in [0.2, 0.25) is 5.02 Å². The Bertz CT molecular complexity index is 1300. The van der Waals surface area contributed by atoms with Crippen LogP contribution in [0, 0.1) is 6.92 Å². The number of hydrogen-bond acceptors (Lipinski definition) is 7. The van der Waals surface area contributed by atoms with Crippen LogP contribution in [-0.4, -0.2) is 35.7 Å². The van der Waals surface area contributed by atoms with E-state index in [9.17, 15) is 14.7 Å². The van der Waals surface area contributed by atoms with Crippen LogP contribution >= 0.6 is 11.6 Å². The fourth-order valence-electron chi connectivity index (χ4n) is 4.12. The summed E-state index contributed by atoms with van der Waals surface area (Å²) >= 11 is 5.99. The second-order valence-electron chi connectivity index (χ2n) is 8.44. The van der Waals surface area contributed by atoms with E-state index in [1.807, 2.05) is 0 Å². The molecule has 2 aromatic carbocycles. The van der Waals surface area contributed by atoms with E-state index in [0.29, 0.717) is 40.0 Å². The van der Waals surface area contributed by atoms with Gasteiger partial charge in [0.25, 0.3) is 5.78 Å². The van der Waals surface area contributed by atoms with Crippen molar-refractivity contribution in [1.29, 1.82) is 0 Å². The summed E-state index contributed by atoms with van der Waals surface area (Å²) in [5.41, 5.74) is 0.798. The summed E-state index contributed by atoms with van der Waals surface area (Å²) in [6, 6.07) is 12.1. The molecule has 2 heterocycles. The molecule has 9 heteroatoms. The molecule has 4 rings (SSSR count). The number of halogens is 1. The maximum absolute atomic E-state index is 13.2. The highest BCUT2D eigenvalue weighted by Crippen LogP contribution is 2.44. The van der Waals surface area contributed by atoms with Gasteiger partial charge in [-0.2, -0.15) is 0 Å². The first kappa shape index (κ1) is 25.3. The highest BCUT2D eigenvalue weighted by molar-refractivity contribution is 6.51. The van der Waals surface area contributed by atoms with Crippen molar-refractivity contribution in [3.05, 3.63) is 76.0 Å². The fourth-order valence-corrected chi connectivity index (χ4v) is 4.25. The van der Waals surface area contributed by atoms with Crippen LogP contribution in [0.4, 0.5) is 5.82 Å². The SMILES string of the molecule is CCCCCOc1ccc(C2/C(=C(/O)c3ccc(Cl)cc3)C(=O)C(=O)N2c2cc(C)on2)cc1OC. The highest BCUT2D eigenvalue weighted by atomic mass is 35.5. The Morgan fingerprint density at radius 1 is 1.11 bits per heavy atom. The van der Waals surface area contributed by atoms with Gasteiger partial charge in [-0.3, -0.25) is 14.5 Å². The van der Waals surface area contributed by atoms with Crippen molar-refractivity contribution in [3.8, 4) is 11.5 Å². The van der Waals surface area contributed by atoms with Gasteiger partial charge in [0.1, 0.15) is 11.5 Å². The Labute approximate surface area is 214 Å². The highest BCUT2D eigenvalue weighted by Gasteiger charge is 2.48. The van der Waals surface area contributed by atoms with Crippen LogP contribution in [0.5, 0.6) is 11.5 Å². The van der Waals surface area contributed by atoms with Crippen LogP contribution in [0.1, 0.15) is 49.1 Å². The lowest BCUT2D eigenvalue weighted by atomic mass is 9.95. The van der Waals surface area contributed by atoms with E-state index >= 15 is 0 Å². The molecule has 0 saturated carbocycles. The molecule has 0 aliphatic carbocycles. The summed E-state index contributed by atoms with van der Waals surface area (Å²) in [5, 5.41) is 15.6. The Hall–Kier alpha value is -3.78. The van der Waals surface area contributed by atoms with E-state index in [4.69, 9.17) is 25.6 Å². The predicted molar refractivity (Wildman–Crippen MR) is 135 cm³/mol. The number of rotatable bonds is 9. The lowest BCUT2D eigenvalue weighted by Crippen LogP contribution is -2.29. The number of unbranched alkanes of at least 4 members (excludes halogenated alkanes) is 2. The Morgan fingerprint density at radius 3 is 2.50 bits per heavy atom. The van der Waals surface area contributed by atoms with Crippen molar-refractivity contribution < 1.29 is 28.7 Å². The molecular formula is C27H27ClN2O6. The third-order valence-electron chi connectivity index (χ3n) is 5.93. The number of hydrogen-bond donors (Lipinski definition) is 1. The normalized spacial score (nSPS) is 17.0. The van der Waals surface area contributed by atoms with Gasteiger partial charge in [-0.05, 0) is 55.3 Å². The zero-order chi connectivity index (χ0) is 25.8. The zero-order valence-electron chi connectivity index (χ0n) is 20.3. The van der Waals surface area contributed by atoms with Gasteiger partial charge in [0.15, 0.2) is 17.3 Å². The number of methoxy groups -OCH3 is 1. The van der Waals surface area contributed by atoms with Gasteiger partial charge in [0.05, 0.1) is 25.3 Å². The Morgan fingerprint density at radius 2 is 1.86 bits per heavy atom. The number of carbonyl (C=O) groups is 2. The van der Waals surface area contributed by atoms with Crippen LogP contribution < -0.4 is 14.4 Å². The summed E-state index contributed by atoms with van der Waals surface area (Å²) in [5.74, 6) is -0.377. The van der Waals surface area contributed by atoms with Gasteiger partial charge in [-0.15, -0.1) is 0 Å². The molecule has 188 valence electrons. The van der Waals surface area contributed by atoms with E-state index in [2.05, 4.69) is 12.1 Å². The number of aromatic nitrogens is 1. The molecule has 1 saturated heterocycles. The first-order valence-corrected chi connectivity index (χ1v) is 12.0. The second kappa shape index (κ2) is 10.9. The Kier molecular flexibility index (Phi) is 7.64. The van der Waals surface area contributed by atoms with Crippen LogP contribution in [-0.2, 0) is 9.59 Å². The maximum atomic E-state index is 13.2. The molecule has 1 fully saturated rings. The zero-order valence-corrected chi connectivity index (χ0v) is 21.0. The van der Waals surface area contributed by atoms with Crippen LogP contribution in [0.15, 0.2) is 58.6 Å². The third-order valence-corrected chi connectivity index (χ3v) is 6.19. The van der Waals surface area contributed by atoms with Gasteiger partial charge >= 0.3 is 5.91 Å². The quantitative estimate of drug-likeness (QED) is 0.167. The summed E-state index contributed by atoms with van der Waals surface area (Å²) < 4.78 is 16.6. The van der Waals surface area contributed by atoms with Gasteiger partial charge in [-0.25, -0.2) is 0 Å². The van der Waals surface area contributed by atoms with Crippen molar-refractivity contribution in [2.45, 2.75) is 39.2 Å². The molecule has 1 aromatic heterocycles. The van der Waals surface area contributed by atoms with Crippen LogP contribution in [0.3, 0.4) is 0 Å². The van der Waals surface area contributed by atoms with E-state index in [-0.39, 0.29) is 17.2 Å². The minimum absolute atomic E-state index is 0.0818. The first-order chi connectivity index (χ1) is 17.3. The number of nitrogens with zero attached hydrogens (tertiary/aromatic N) is 2. The first-order valence-electron chi connectivity index (χ1n) is 11.7. The second-order valence-corrected chi connectivity index (χ2v) is 8.87. The monoisotopic (exact) mass is 510 g/mol. The molecule has 1 aliphatic heterocycles. The lowest BCUT2D eigenvalue weighted by Gasteiger charge is -2.23. The average molecular weight is 511 g/mol. The maximum Gasteiger partial charge on any atom is 0.301 e. The molecule has 0 bridgehead atoms. The number of aliphatic hydroxyl groups is 1. The smallest absolute Gasteiger partial charge is 0.301 e. The minimum atomic E-state index is -0.979. The molecular weight excluding hydrogens is 484 g/mol. The molecule has 1 atom stereocenters. The largest absolute Gasteiger partial charge is 0.507 e. The van der Waals surface area contributed by atoms with Crippen molar-refractivity contribution >= 4 is 34.9 Å². The van der Waals surface area contributed by atoms with Gasteiger partial charge < -0.3 is 19.1 Å². The molecule has 1 amide bonds. The predicted octanol–water partition coefficient (Wildman–Crippen LogP) is 5.84. The summed E-state index contributed by atoms with van der Waals surface area (Å²) in [6.07, 6.45) is 3.04. The third kappa shape index (κ3) is 4.95. The van der Waals surface area contributed by atoms with Crippen molar-refractivity contribution in [2.75, 3.05) is 18.6 Å². The Balaban J connectivity index is 1.83. The standard InChI is InChI=1S/C27H27ClN2O6/c1-4-5-6-13-35-20-12-9-18(15-21(20)34-3)24-23(25(31)17-7-10-19(28)11-8-17)26(32)27(33)30(24)22-14-16(2)36-29-22/h7-12,14-15,24,31H,4-6,13H2,1-3H3/b25-23-. The minimum Gasteiger partial charge on any atom is -0.507 e. The number of Topliss-reactive ketones (excluding diaryl/α,β-unsaturated/α-hetero) is 1. The van der Waals surface area contributed by atoms with E-state index in [1.165, 1.54) is 12.0 Å². The molecule has 0 radical (unpaired) electrons. The number of amides is 1. The van der Waals surface area contributed by atoms with Gasteiger partial charge in [0.2, 0.25) is 0 Å². The summed E-state index contributed by atoms with van der Waals surface area (Å²) in [7, 11) is 1.52. The number of ketones is 1. The molecule has 1 N–H and O–H groups in total. The molecule has 36 heavy (non-hydrogen) atoms. The number of ether oxygens (including phenoxy) is 2.